The Kier molecular flexibility index (Phi) is 12.1. The van der Waals surface area contributed by atoms with Crippen LogP contribution < -0.4 is 21.1 Å². The highest BCUT2D eigenvalue weighted by Gasteiger charge is 2.28. The maximum Gasteiger partial charge on any atom is 0.289 e. The zero-order valence-electron chi connectivity index (χ0n) is 19.3. The summed E-state index contributed by atoms with van der Waals surface area (Å²) in [6.45, 7) is 4.39. The standard InChI is InChI=1S/C23H34BN3O5S/c1-16(2)11-21-23(30)26-18(13-28)14-33-10-4-3-9-31-19-7-5-17(6-8-19)12-20(22(29)27-21)24-32-15-25/h3-8,13,16,18,20-21,24H,9-12,14-15,25H2,1-2H3,(H,26,30)(H,27,29)/b4-3-/t18-,20+,21+/m1/s1. The Labute approximate surface area is 200 Å². The second-order valence-corrected chi connectivity index (χ2v) is 9.42. The molecule has 0 saturated heterocycles. The molecule has 0 fully saturated rings. The third kappa shape index (κ3) is 10.0. The molecule has 2 amide bonds. The van der Waals surface area contributed by atoms with Crippen LogP contribution in [0.25, 0.3) is 0 Å². The van der Waals surface area contributed by atoms with Crippen molar-refractivity contribution in [1.29, 1.82) is 0 Å². The normalized spacial score (nSPS) is 23.9. The molecule has 0 saturated carbocycles. The number of amides is 2. The Hall–Kier alpha value is -2.30. The van der Waals surface area contributed by atoms with Crippen LogP contribution >= 0.6 is 11.8 Å². The van der Waals surface area contributed by atoms with Gasteiger partial charge in [0.05, 0.1) is 12.8 Å². The molecule has 0 unspecified atom stereocenters. The van der Waals surface area contributed by atoms with Crippen LogP contribution in [0, 0.1) is 5.92 Å². The Morgan fingerprint density at radius 1 is 1.21 bits per heavy atom. The van der Waals surface area contributed by atoms with E-state index in [4.69, 9.17) is 15.1 Å². The van der Waals surface area contributed by atoms with Gasteiger partial charge < -0.3 is 30.6 Å². The lowest BCUT2D eigenvalue weighted by molar-refractivity contribution is -0.130. The van der Waals surface area contributed by atoms with E-state index in [0.717, 1.165) is 17.6 Å². The number of hydrogen-bond donors (Lipinski definition) is 3. The Morgan fingerprint density at radius 3 is 2.64 bits per heavy atom. The molecule has 1 aromatic rings. The number of aldehydes is 1. The van der Waals surface area contributed by atoms with Crippen molar-refractivity contribution in [2.75, 3.05) is 24.8 Å². The van der Waals surface area contributed by atoms with E-state index >= 15 is 0 Å². The first-order valence-electron chi connectivity index (χ1n) is 11.2. The number of rotatable bonds is 6. The third-order valence-electron chi connectivity index (χ3n) is 5.07. The number of hydrogen-bond acceptors (Lipinski definition) is 7. The van der Waals surface area contributed by atoms with Gasteiger partial charge >= 0.3 is 0 Å². The number of nitrogens with one attached hydrogen (secondary N) is 2. The van der Waals surface area contributed by atoms with Gasteiger partial charge in [0.25, 0.3) is 7.48 Å². The van der Waals surface area contributed by atoms with Crippen molar-refractivity contribution in [2.24, 2.45) is 11.7 Å². The van der Waals surface area contributed by atoms with E-state index in [-0.39, 0.29) is 31.9 Å². The molecule has 2 heterocycles. The predicted octanol–water partition coefficient (Wildman–Crippen LogP) is 1.20. The first-order chi connectivity index (χ1) is 15.9. The molecule has 10 heteroatoms. The van der Waals surface area contributed by atoms with Gasteiger partial charge in [0.1, 0.15) is 24.7 Å². The summed E-state index contributed by atoms with van der Waals surface area (Å²) in [7, 11) is 0.134. The maximum absolute atomic E-state index is 13.1. The molecule has 0 aromatic heterocycles. The van der Waals surface area contributed by atoms with E-state index in [9.17, 15) is 14.4 Å². The fourth-order valence-corrected chi connectivity index (χ4v) is 4.20. The number of nitrogens with two attached hydrogens (primary N) is 1. The molecule has 3 atom stereocenters. The van der Waals surface area contributed by atoms with Crippen LogP contribution in [-0.2, 0) is 25.5 Å². The van der Waals surface area contributed by atoms with Crippen LogP contribution in [0.15, 0.2) is 36.4 Å². The smallest absolute Gasteiger partial charge is 0.289 e. The van der Waals surface area contributed by atoms with Gasteiger partial charge in [-0.25, -0.2) is 0 Å². The third-order valence-corrected chi connectivity index (χ3v) is 6.09. The SMILES string of the molecule is CC(C)C[C@@H]1NC(=O)[C@@H](BOCN)Cc2ccc(cc2)OC/C=C\CSC[C@@H](C=O)NC1=O. The lowest BCUT2D eigenvalue weighted by atomic mass is 9.75. The molecule has 0 spiro atoms. The van der Waals surface area contributed by atoms with Gasteiger partial charge in [0.15, 0.2) is 0 Å². The summed E-state index contributed by atoms with van der Waals surface area (Å²) >= 11 is 1.53. The average molecular weight is 475 g/mol. The molecule has 0 aliphatic carbocycles. The minimum absolute atomic E-state index is 0.00132. The molecule has 1 aromatic carbocycles. The van der Waals surface area contributed by atoms with Crippen molar-refractivity contribution in [1.82, 2.24) is 10.6 Å². The van der Waals surface area contributed by atoms with Crippen molar-refractivity contribution in [2.45, 2.75) is 44.6 Å². The fourth-order valence-electron chi connectivity index (χ4n) is 3.38. The summed E-state index contributed by atoms with van der Waals surface area (Å²) in [5.41, 5.74) is 6.42. The molecule has 180 valence electrons. The van der Waals surface area contributed by atoms with Crippen LogP contribution in [0.3, 0.4) is 0 Å². The first-order valence-corrected chi connectivity index (χ1v) is 12.4. The van der Waals surface area contributed by atoms with Gasteiger partial charge in [-0.3, -0.25) is 9.59 Å². The minimum Gasteiger partial charge on any atom is -0.490 e. The molecule has 4 N–H and O–H groups in total. The molecule has 2 bridgehead atoms. The Bertz CT molecular complexity index is 791. The summed E-state index contributed by atoms with van der Waals surface area (Å²) < 4.78 is 11.1. The molecule has 2 aliphatic rings. The Balaban J connectivity index is 2.26. The molecular weight excluding hydrogens is 441 g/mol. The zero-order chi connectivity index (χ0) is 24.1. The zero-order valence-corrected chi connectivity index (χ0v) is 20.1. The number of carbonyl (C=O) groups excluding carboxylic acids is 3. The lowest BCUT2D eigenvalue weighted by Gasteiger charge is -2.24. The number of benzene rings is 1. The second-order valence-electron chi connectivity index (χ2n) is 8.34. The molecule has 0 radical (unpaired) electrons. The van der Waals surface area contributed by atoms with Gasteiger partial charge in [-0.1, -0.05) is 38.1 Å². The quantitative estimate of drug-likeness (QED) is 0.245. The minimum atomic E-state index is -0.747. The molecule has 2 aliphatic heterocycles. The largest absolute Gasteiger partial charge is 0.490 e. The van der Waals surface area contributed by atoms with Crippen molar-refractivity contribution >= 4 is 37.3 Å². The first kappa shape index (κ1) is 27.0. The summed E-state index contributed by atoms with van der Waals surface area (Å²) in [6.07, 6.45) is 5.51. The van der Waals surface area contributed by atoms with E-state index < -0.39 is 17.9 Å². The number of fused-ring (bicyclic) bond motifs is 15. The summed E-state index contributed by atoms with van der Waals surface area (Å²) in [5, 5.41) is 5.64. The van der Waals surface area contributed by atoms with Gasteiger partial charge in [-0.15, -0.1) is 0 Å². The summed E-state index contributed by atoms with van der Waals surface area (Å²) in [6, 6.07) is 6.19. The molecule has 8 nitrogen and oxygen atoms in total. The topological polar surface area (TPSA) is 120 Å². The van der Waals surface area contributed by atoms with Gasteiger partial charge in [0.2, 0.25) is 11.8 Å². The van der Waals surface area contributed by atoms with Crippen molar-refractivity contribution < 1.29 is 23.8 Å². The molecule has 3 rings (SSSR count). The number of carbonyl (C=O) groups is 3. The number of thioether (sulfide) groups is 1. The highest BCUT2D eigenvalue weighted by Crippen LogP contribution is 2.19. The van der Waals surface area contributed by atoms with Crippen LogP contribution in [0.2, 0.25) is 5.82 Å². The lowest BCUT2D eigenvalue weighted by Crippen LogP contribution is -2.52. The van der Waals surface area contributed by atoms with E-state index in [1.807, 2.05) is 50.3 Å². The molecule has 33 heavy (non-hydrogen) atoms. The van der Waals surface area contributed by atoms with Gasteiger partial charge in [-0.05, 0) is 36.5 Å². The number of ether oxygens (including phenoxy) is 1. The van der Waals surface area contributed by atoms with Crippen molar-refractivity contribution in [3.63, 3.8) is 0 Å². The fraction of sp³-hybridized carbons (Fsp3) is 0.522. The predicted molar refractivity (Wildman–Crippen MR) is 133 cm³/mol. The maximum atomic E-state index is 13.1. The Morgan fingerprint density at radius 2 is 1.97 bits per heavy atom. The van der Waals surface area contributed by atoms with E-state index in [1.165, 1.54) is 11.8 Å². The average Bonchev–Trinajstić information content (AvgIpc) is 2.79. The van der Waals surface area contributed by atoms with Crippen LogP contribution in [0.1, 0.15) is 25.8 Å². The monoisotopic (exact) mass is 475 g/mol. The van der Waals surface area contributed by atoms with E-state index in [0.29, 0.717) is 31.0 Å². The summed E-state index contributed by atoms with van der Waals surface area (Å²) in [4.78, 5) is 37.6. The molecular formula is C23H34BN3O5S. The van der Waals surface area contributed by atoms with Crippen LogP contribution in [0.4, 0.5) is 0 Å². The van der Waals surface area contributed by atoms with Crippen LogP contribution in [0.5, 0.6) is 5.75 Å². The second kappa shape index (κ2) is 14.8. The van der Waals surface area contributed by atoms with Gasteiger partial charge in [-0.2, -0.15) is 11.8 Å². The van der Waals surface area contributed by atoms with Crippen molar-refractivity contribution in [3.05, 3.63) is 42.0 Å². The highest BCUT2D eigenvalue weighted by molar-refractivity contribution is 7.99. The van der Waals surface area contributed by atoms with Gasteiger partial charge in [0, 0.05) is 17.3 Å². The summed E-state index contributed by atoms with van der Waals surface area (Å²) in [5.74, 6) is 0.867. The highest BCUT2D eigenvalue weighted by atomic mass is 32.2. The van der Waals surface area contributed by atoms with Crippen molar-refractivity contribution in [3.8, 4) is 5.75 Å². The van der Waals surface area contributed by atoms with E-state index in [2.05, 4.69) is 10.6 Å². The van der Waals surface area contributed by atoms with Crippen LogP contribution in [-0.4, -0.2) is 62.5 Å². The van der Waals surface area contributed by atoms with E-state index in [1.54, 1.807) is 0 Å².